The Morgan fingerprint density at radius 2 is 2.10 bits per heavy atom. The first-order valence-corrected chi connectivity index (χ1v) is 7.09. The maximum absolute atomic E-state index is 13.3. The Morgan fingerprint density at radius 3 is 2.95 bits per heavy atom. The van der Waals surface area contributed by atoms with Crippen LogP contribution in [0.4, 0.5) is 4.39 Å². The monoisotopic (exact) mass is 284 g/mol. The number of nitrogens with one attached hydrogen (secondary N) is 1. The van der Waals surface area contributed by atoms with Gasteiger partial charge in [-0.2, -0.15) is 0 Å². The molecule has 1 unspecified atom stereocenters. The summed E-state index contributed by atoms with van der Waals surface area (Å²) in [6, 6.07) is 13.3. The molecule has 0 aliphatic heterocycles. The molecule has 1 heterocycles. The van der Waals surface area contributed by atoms with Gasteiger partial charge < -0.3 is 9.55 Å². The lowest BCUT2D eigenvalue weighted by atomic mass is 9.77. The van der Waals surface area contributed by atoms with Gasteiger partial charge in [0.15, 0.2) is 4.77 Å². The van der Waals surface area contributed by atoms with Crippen LogP contribution >= 0.6 is 12.2 Å². The number of fused-ring (bicyclic) bond motifs is 2. The van der Waals surface area contributed by atoms with E-state index in [-0.39, 0.29) is 5.82 Å². The second kappa shape index (κ2) is 4.28. The molecule has 1 aromatic heterocycles. The van der Waals surface area contributed by atoms with Crippen LogP contribution in [0.2, 0.25) is 0 Å². The molecule has 1 N–H and O–H groups in total. The summed E-state index contributed by atoms with van der Waals surface area (Å²) in [6.07, 6.45) is 1.09. The van der Waals surface area contributed by atoms with Gasteiger partial charge in [0.25, 0.3) is 0 Å². The Bertz CT molecular complexity index is 862. The number of H-pyrrole nitrogens is 1. The molecular weight excluding hydrogens is 271 g/mol. The van der Waals surface area contributed by atoms with Crippen molar-refractivity contribution in [1.82, 2.24) is 9.55 Å². The summed E-state index contributed by atoms with van der Waals surface area (Å²) in [4.78, 5) is 3.08. The molecule has 0 fully saturated rings. The van der Waals surface area contributed by atoms with Crippen LogP contribution in [0.1, 0.15) is 17.0 Å². The van der Waals surface area contributed by atoms with Crippen LogP contribution in [-0.4, -0.2) is 9.55 Å². The summed E-state index contributed by atoms with van der Waals surface area (Å²) in [5.41, 5.74) is 4.57. The smallest absolute Gasteiger partial charge is 0.178 e. The van der Waals surface area contributed by atoms with Gasteiger partial charge in [0.1, 0.15) is 5.82 Å². The van der Waals surface area contributed by atoms with E-state index in [0.29, 0.717) is 10.7 Å². The van der Waals surface area contributed by atoms with E-state index in [0.717, 1.165) is 24.0 Å². The van der Waals surface area contributed by atoms with Gasteiger partial charge in [-0.25, -0.2) is 4.39 Å². The minimum absolute atomic E-state index is 0.241. The summed E-state index contributed by atoms with van der Waals surface area (Å²) in [7, 11) is 0. The summed E-state index contributed by atoms with van der Waals surface area (Å²) in [5.74, 6) is 0.261. The Labute approximate surface area is 120 Å². The van der Waals surface area contributed by atoms with E-state index in [4.69, 9.17) is 12.2 Å². The van der Waals surface area contributed by atoms with Crippen molar-refractivity contribution in [3.63, 3.8) is 0 Å². The molecule has 1 aliphatic carbocycles. The van der Waals surface area contributed by atoms with Gasteiger partial charge in [-0.15, -0.1) is 0 Å². The molecule has 1 atom stereocenters. The van der Waals surface area contributed by atoms with E-state index in [1.165, 1.54) is 23.3 Å². The van der Waals surface area contributed by atoms with Crippen LogP contribution in [0.3, 0.4) is 0 Å². The van der Waals surface area contributed by atoms with Gasteiger partial charge in [0.2, 0.25) is 0 Å². The molecule has 0 saturated heterocycles. The van der Waals surface area contributed by atoms with Crippen molar-refractivity contribution in [3.05, 3.63) is 64.2 Å². The number of aromatic nitrogens is 2. The number of hydrogen-bond acceptors (Lipinski definition) is 1. The highest BCUT2D eigenvalue weighted by Crippen LogP contribution is 2.36. The normalized spacial score (nSPS) is 16.9. The highest BCUT2D eigenvalue weighted by molar-refractivity contribution is 7.71. The Kier molecular flexibility index (Phi) is 2.54. The molecule has 1 aliphatic rings. The second-order valence-corrected chi connectivity index (χ2v) is 5.69. The number of nitrogens with zero attached hydrogens (tertiary/aromatic N) is 1. The fourth-order valence-corrected chi connectivity index (χ4v) is 3.35. The molecule has 0 amide bonds. The number of benzene rings is 2. The molecule has 4 heteroatoms. The first kappa shape index (κ1) is 11.9. The number of imidazole rings is 1. The molecule has 100 valence electrons. The molecule has 0 spiro atoms. The predicted molar refractivity (Wildman–Crippen MR) is 80.0 cm³/mol. The second-order valence-electron chi connectivity index (χ2n) is 5.30. The molecule has 2 nitrogen and oxygen atoms in total. The lowest BCUT2D eigenvalue weighted by molar-refractivity contribution is 0.513. The zero-order valence-electron chi connectivity index (χ0n) is 10.8. The third kappa shape index (κ3) is 1.72. The number of aromatic amines is 1. The largest absolute Gasteiger partial charge is 0.330 e. The molecule has 0 saturated carbocycles. The molecular formula is C16H13FN2S. The van der Waals surface area contributed by atoms with Crippen molar-refractivity contribution < 1.29 is 4.39 Å². The van der Waals surface area contributed by atoms with Crippen molar-refractivity contribution >= 4 is 23.3 Å². The summed E-state index contributed by atoms with van der Waals surface area (Å²) >= 11 is 5.37. The maximum atomic E-state index is 13.3. The van der Waals surface area contributed by atoms with Gasteiger partial charge >= 0.3 is 0 Å². The molecule has 4 rings (SSSR count). The van der Waals surface area contributed by atoms with Crippen molar-refractivity contribution in [2.24, 2.45) is 0 Å². The van der Waals surface area contributed by atoms with E-state index in [1.54, 1.807) is 6.07 Å². The van der Waals surface area contributed by atoms with Crippen LogP contribution in [-0.2, 0) is 13.0 Å². The van der Waals surface area contributed by atoms with Gasteiger partial charge in [0.05, 0.1) is 11.0 Å². The predicted octanol–water partition coefficient (Wildman–Crippen LogP) is 4.18. The van der Waals surface area contributed by atoms with E-state index in [9.17, 15) is 4.39 Å². The molecule has 2 aromatic carbocycles. The highest BCUT2D eigenvalue weighted by atomic mass is 32.1. The summed E-state index contributed by atoms with van der Waals surface area (Å²) < 4.78 is 16.0. The molecule has 3 aromatic rings. The van der Waals surface area contributed by atoms with Crippen LogP contribution in [0, 0.1) is 10.6 Å². The lowest BCUT2D eigenvalue weighted by Gasteiger charge is -2.30. The van der Waals surface area contributed by atoms with E-state index >= 15 is 0 Å². The summed E-state index contributed by atoms with van der Waals surface area (Å²) in [6.45, 7) is 0.849. The van der Waals surface area contributed by atoms with Crippen LogP contribution in [0.5, 0.6) is 0 Å². The quantitative estimate of drug-likeness (QED) is 0.700. The van der Waals surface area contributed by atoms with Gasteiger partial charge in [0, 0.05) is 12.5 Å². The van der Waals surface area contributed by atoms with Gasteiger partial charge in [-0.05, 0) is 48.0 Å². The molecule has 0 bridgehead atoms. The average Bonchev–Trinajstić information content (AvgIpc) is 2.71. The highest BCUT2D eigenvalue weighted by Gasteiger charge is 2.26. The first-order chi connectivity index (χ1) is 9.72. The third-order valence-corrected chi connectivity index (χ3v) is 4.42. The topological polar surface area (TPSA) is 20.7 Å². The van der Waals surface area contributed by atoms with Gasteiger partial charge in [-0.3, -0.25) is 0 Å². The zero-order valence-corrected chi connectivity index (χ0v) is 11.6. The fourth-order valence-electron chi connectivity index (χ4n) is 3.06. The third-order valence-electron chi connectivity index (χ3n) is 4.10. The Balaban J connectivity index is 1.74. The standard InChI is InChI=1S/C16H13FN2S/c17-12-5-6-15-14(8-12)18-16(20)19(15)9-11-7-10-3-1-2-4-13(10)11/h1-6,8,11H,7,9H2,(H,18,20). The minimum atomic E-state index is -0.241. The van der Waals surface area contributed by atoms with Crippen molar-refractivity contribution in [2.75, 3.05) is 0 Å². The SMILES string of the molecule is Fc1ccc2c(c1)[nH]c(=S)n2CC1Cc2ccccc21. The molecule has 20 heavy (non-hydrogen) atoms. The van der Waals surface area contributed by atoms with Crippen LogP contribution in [0.25, 0.3) is 11.0 Å². The van der Waals surface area contributed by atoms with E-state index in [1.807, 2.05) is 0 Å². The van der Waals surface area contributed by atoms with Crippen LogP contribution in [0.15, 0.2) is 42.5 Å². The number of rotatable bonds is 2. The van der Waals surface area contributed by atoms with Crippen molar-refractivity contribution in [2.45, 2.75) is 18.9 Å². The fraction of sp³-hybridized carbons (Fsp3) is 0.188. The zero-order chi connectivity index (χ0) is 13.7. The van der Waals surface area contributed by atoms with Crippen molar-refractivity contribution in [1.29, 1.82) is 0 Å². The lowest BCUT2D eigenvalue weighted by Crippen LogP contribution is -2.21. The Hall–Kier alpha value is -1.94. The van der Waals surface area contributed by atoms with E-state index < -0.39 is 0 Å². The Morgan fingerprint density at radius 1 is 1.25 bits per heavy atom. The maximum Gasteiger partial charge on any atom is 0.178 e. The summed E-state index contributed by atoms with van der Waals surface area (Å²) in [5, 5.41) is 0. The van der Waals surface area contributed by atoms with Gasteiger partial charge in [-0.1, -0.05) is 24.3 Å². The average molecular weight is 284 g/mol. The minimum Gasteiger partial charge on any atom is -0.330 e. The molecule has 0 radical (unpaired) electrons. The number of halogens is 1. The van der Waals surface area contributed by atoms with E-state index in [2.05, 4.69) is 33.8 Å². The number of hydrogen-bond donors (Lipinski definition) is 1. The van der Waals surface area contributed by atoms with Crippen molar-refractivity contribution in [3.8, 4) is 0 Å². The van der Waals surface area contributed by atoms with Crippen LogP contribution < -0.4 is 0 Å². The first-order valence-electron chi connectivity index (χ1n) is 6.68.